The molecule has 0 unspecified atom stereocenters. The summed E-state index contributed by atoms with van der Waals surface area (Å²) in [5.41, 5.74) is 1.48. The van der Waals surface area contributed by atoms with Crippen LogP contribution in [-0.2, 0) is 5.54 Å². The van der Waals surface area contributed by atoms with Gasteiger partial charge in [0.1, 0.15) is 5.54 Å². The molecule has 7 heteroatoms. The van der Waals surface area contributed by atoms with E-state index in [0.717, 1.165) is 35.5 Å². The highest BCUT2D eigenvalue weighted by atomic mass is 35.5. The Hall–Kier alpha value is -2.08. The van der Waals surface area contributed by atoms with Crippen molar-refractivity contribution >= 4 is 23.3 Å². The second kappa shape index (κ2) is 7.01. The van der Waals surface area contributed by atoms with Gasteiger partial charge in [-0.2, -0.15) is 0 Å². The summed E-state index contributed by atoms with van der Waals surface area (Å²) in [6.07, 6.45) is 7.59. The van der Waals surface area contributed by atoms with E-state index in [1.807, 2.05) is 17.0 Å². The molecule has 2 saturated carbocycles. The summed E-state index contributed by atoms with van der Waals surface area (Å²) in [4.78, 5) is 15.2. The van der Waals surface area contributed by atoms with Crippen LogP contribution < -0.4 is 5.32 Å². The Morgan fingerprint density at radius 1 is 1.28 bits per heavy atom. The minimum absolute atomic E-state index is 0.0938. The number of nitrogens with zero attached hydrogens (tertiary/aromatic N) is 3. The van der Waals surface area contributed by atoms with Gasteiger partial charge in [-0.1, -0.05) is 31.4 Å². The van der Waals surface area contributed by atoms with E-state index < -0.39 is 5.54 Å². The Balaban J connectivity index is 1.40. The van der Waals surface area contributed by atoms with Crippen molar-refractivity contribution in [2.24, 2.45) is 5.92 Å². The number of fused-ring (bicyclic) bond motifs is 2. The van der Waals surface area contributed by atoms with E-state index in [1.165, 1.54) is 25.7 Å². The fourth-order valence-electron chi connectivity index (χ4n) is 5.79. The molecule has 2 aliphatic carbocycles. The molecule has 2 aromatic rings. The molecule has 0 spiro atoms. The molecule has 5 rings (SSSR count). The van der Waals surface area contributed by atoms with E-state index in [1.54, 1.807) is 6.92 Å². The van der Waals surface area contributed by atoms with E-state index in [0.29, 0.717) is 23.6 Å². The molecule has 1 aromatic heterocycles. The van der Waals surface area contributed by atoms with Gasteiger partial charge in [-0.3, -0.25) is 0 Å². The number of hydrogen-bond donors (Lipinski definition) is 1. The van der Waals surface area contributed by atoms with Crippen molar-refractivity contribution in [2.45, 2.75) is 76.3 Å². The average molecular weight is 415 g/mol. The van der Waals surface area contributed by atoms with Gasteiger partial charge in [0.05, 0.1) is 0 Å². The number of halogens is 1. The lowest BCUT2D eigenvalue weighted by Crippen LogP contribution is -2.70. The van der Waals surface area contributed by atoms with Crippen molar-refractivity contribution in [1.29, 1.82) is 0 Å². The highest BCUT2D eigenvalue weighted by molar-refractivity contribution is 6.31. The van der Waals surface area contributed by atoms with Gasteiger partial charge in [-0.05, 0) is 61.3 Å². The van der Waals surface area contributed by atoms with Crippen LogP contribution >= 0.6 is 11.6 Å². The SMILES string of the molecule is Cc1nnc([C@]23C[C@H](C)C[C@H](C2)N3C(=O)Nc2ccc(Cl)c(C3CCCC3)c2)o1. The van der Waals surface area contributed by atoms with Crippen molar-refractivity contribution in [3.63, 3.8) is 0 Å². The highest BCUT2D eigenvalue weighted by Crippen LogP contribution is 2.55. The van der Waals surface area contributed by atoms with Gasteiger partial charge in [0.2, 0.25) is 11.8 Å². The monoisotopic (exact) mass is 414 g/mol. The van der Waals surface area contributed by atoms with E-state index in [-0.39, 0.29) is 12.1 Å². The van der Waals surface area contributed by atoms with Gasteiger partial charge >= 0.3 is 6.03 Å². The molecule has 3 atom stereocenters. The number of amides is 2. The normalized spacial score (nSPS) is 29.0. The molecule has 29 heavy (non-hydrogen) atoms. The smallest absolute Gasteiger partial charge is 0.322 e. The minimum Gasteiger partial charge on any atom is -0.423 e. The summed E-state index contributed by atoms with van der Waals surface area (Å²) in [6.45, 7) is 4.02. The zero-order valence-corrected chi connectivity index (χ0v) is 17.7. The molecular weight excluding hydrogens is 388 g/mol. The molecule has 2 amide bonds. The lowest BCUT2D eigenvalue weighted by Gasteiger charge is -2.61. The van der Waals surface area contributed by atoms with Crippen LogP contribution in [0.5, 0.6) is 0 Å². The lowest BCUT2D eigenvalue weighted by molar-refractivity contribution is -0.110. The second-order valence-electron chi connectivity index (χ2n) is 9.08. The van der Waals surface area contributed by atoms with Crippen molar-refractivity contribution in [2.75, 3.05) is 5.32 Å². The zero-order valence-electron chi connectivity index (χ0n) is 16.9. The standard InChI is InChI=1S/C22H27ClN4O2/c1-13-9-17-12-22(11-13,20-26-25-14(2)29-20)27(17)21(28)24-16-7-8-19(23)18(10-16)15-5-3-4-6-15/h7-8,10,13,15,17H,3-6,9,11-12H2,1-2H3,(H,24,28)/t13-,17-,22+/m1/s1. The number of rotatable bonds is 3. The quantitative estimate of drug-likeness (QED) is 0.707. The molecule has 1 N–H and O–H groups in total. The molecule has 2 heterocycles. The van der Waals surface area contributed by atoms with Gasteiger partial charge in [0.15, 0.2) is 0 Å². The Kier molecular flexibility index (Phi) is 4.57. The van der Waals surface area contributed by atoms with Crippen LogP contribution in [0.15, 0.2) is 22.6 Å². The van der Waals surface area contributed by atoms with E-state index in [9.17, 15) is 4.79 Å². The maximum atomic E-state index is 13.3. The first-order valence-corrected chi connectivity index (χ1v) is 11.0. The number of likely N-dealkylation sites (tertiary alicyclic amines) is 1. The Morgan fingerprint density at radius 2 is 2.07 bits per heavy atom. The predicted octanol–water partition coefficient (Wildman–Crippen LogP) is 5.62. The van der Waals surface area contributed by atoms with Crippen LogP contribution in [0.1, 0.15) is 75.1 Å². The Morgan fingerprint density at radius 3 is 2.79 bits per heavy atom. The topological polar surface area (TPSA) is 71.3 Å². The van der Waals surface area contributed by atoms with Gasteiger partial charge < -0.3 is 14.6 Å². The number of carbonyl (C=O) groups is 1. The second-order valence-corrected chi connectivity index (χ2v) is 9.49. The van der Waals surface area contributed by atoms with Gasteiger partial charge in [-0.25, -0.2) is 4.79 Å². The fourth-order valence-corrected chi connectivity index (χ4v) is 6.06. The first kappa shape index (κ1) is 18.9. The number of nitrogens with one attached hydrogen (secondary N) is 1. The zero-order chi connectivity index (χ0) is 20.2. The van der Waals surface area contributed by atoms with E-state index >= 15 is 0 Å². The van der Waals surface area contributed by atoms with Crippen LogP contribution in [0.2, 0.25) is 5.02 Å². The summed E-state index contributed by atoms with van der Waals surface area (Å²) < 4.78 is 5.78. The number of aryl methyl sites for hydroxylation is 1. The van der Waals surface area contributed by atoms with Crippen LogP contribution in [0.25, 0.3) is 0 Å². The molecule has 3 fully saturated rings. The van der Waals surface area contributed by atoms with Crippen molar-refractivity contribution in [1.82, 2.24) is 15.1 Å². The van der Waals surface area contributed by atoms with Gasteiger partial charge in [-0.15, -0.1) is 10.2 Å². The van der Waals surface area contributed by atoms with E-state index in [2.05, 4.69) is 28.5 Å². The molecule has 154 valence electrons. The molecule has 1 saturated heterocycles. The number of carbonyl (C=O) groups excluding carboxylic acids is 1. The van der Waals surface area contributed by atoms with Crippen molar-refractivity contribution in [3.8, 4) is 0 Å². The van der Waals surface area contributed by atoms with Crippen LogP contribution in [0, 0.1) is 12.8 Å². The van der Waals surface area contributed by atoms with Crippen LogP contribution in [0.4, 0.5) is 10.5 Å². The summed E-state index contributed by atoms with van der Waals surface area (Å²) in [7, 11) is 0. The van der Waals surface area contributed by atoms with E-state index in [4.69, 9.17) is 16.0 Å². The van der Waals surface area contributed by atoms with Crippen molar-refractivity contribution in [3.05, 3.63) is 40.6 Å². The third-order valence-electron chi connectivity index (χ3n) is 6.95. The third kappa shape index (κ3) is 3.12. The summed E-state index contributed by atoms with van der Waals surface area (Å²) in [5.74, 6) is 2.12. The van der Waals surface area contributed by atoms with Gasteiger partial charge in [0, 0.05) is 30.1 Å². The summed E-state index contributed by atoms with van der Waals surface area (Å²) in [5, 5.41) is 12.2. The summed E-state index contributed by atoms with van der Waals surface area (Å²) >= 11 is 6.46. The average Bonchev–Trinajstić information content (AvgIpc) is 3.34. The van der Waals surface area contributed by atoms with Crippen LogP contribution in [-0.4, -0.2) is 27.2 Å². The Bertz CT molecular complexity index is 939. The molecule has 2 bridgehead atoms. The van der Waals surface area contributed by atoms with Gasteiger partial charge in [0.25, 0.3) is 0 Å². The number of hydrogen-bond acceptors (Lipinski definition) is 4. The largest absolute Gasteiger partial charge is 0.423 e. The molecule has 6 nitrogen and oxygen atoms in total. The summed E-state index contributed by atoms with van der Waals surface area (Å²) in [6, 6.07) is 5.97. The maximum absolute atomic E-state index is 13.3. The number of benzene rings is 1. The molecule has 1 aromatic carbocycles. The molecule has 3 aliphatic rings. The maximum Gasteiger partial charge on any atom is 0.322 e. The minimum atomic E-state index is -0.478. The predicted molar refractivity (Wildman–Crippen MR) is 111 cm³/mol. The number of aromatic nitrogens is 2. The van der Waals surface area contributed by atoms with Crippen LogP contribution in [0.3, 0.4) is 0 Å². The highest BCUT2D eigenvalue weighted by Gasteiger charge is 2.62. The number of urea groups is 1. The molecule has 0 radical (unpaired) electrons. The third-order valence-corrected chi connectivity index (χ3v) is 7.29. The Labute approximate surface area is 176 Å². The van der Waals surface area contributed by atoms with Crippen molar-refractivity contribution < 1.29 is 9.21 Å². The molecular formula is C22H27ClN4O2. The first-order valence-electron chi connectivity index (χ1n) is 10.7. The molecule has 1 aliphatic heterocycles. The number of anilines is 1. The lowest BCUT2D eigenvalue weighted by atomic mass is 9.64. The fraction of sp³-hybridized carbons (Fsp3) is 0.591. The number of piperidine rings is 1. The first-order chi connectivity index (χ1) is 14.0.